The summed E-state index contributed by atoms with van der Waals surface area (Å²) >= 11 is 1.51. The van der Waals surface area contributed by atoms with Crippen molar-refractivity contribution in [3.8, 4) is 6.07 Å². The standard InChI is InChI=1S/C17H13NO3S/c1-9(2)16(19)21-17(20)13-6-12(13)14-8-22-15-10(7-18)4-3-5-11(14)15/h3-5,8,12-13H,1,6H2,2H3. The zero-order valence-electron chi connectivity index (χ0n) is 12.0. The molecule has 0 radical (unpaired) electrons. The van der Waals surface area contributed by atoms with Crippen molar-refractivity contribution in [3.63, 3.8) is 0 Å². The van der Waals surface area contributed by atoms with E-state index in [4.69, 9.17) is 10.00 Å². The van der Waals surface area contributed by atoms with Crippen LogP contribution in [-0.2, 0) is 14.3 Å². The van der Waals surface area contributed by atoms with Crippen LogP contribution in [0.4, 0.5) is 0 Å². The first-order chi connectivity index (χ1) is 10.5. The van der Waals surface area contributed by atoms with Gasteiger partial charge in [0.2, 0.25) is 0 Å². The summed E-state index contributed by atoms with van der Waals surface area (Å²) in [6, 6.07) is 7.77. The van der Waals surface area contributed by atoms with Crippen LogP contribution in [0.5, 0.6) is 0 Å². The first-order valence-corrected chi connectivity index (χ1v) is 7.72. The first-order valence-electron chi connectivity index (χ1n) is 6.84. The topological polar surface area (TPSA) is 67.2 Å². The Labute approximate surface area is 131 Å². The van der Waals surface area contributed by atoms with Gasteiger partial charge >= 0.3 is 11.9 Å². The van der Waals surface area contributed by atoms with Gasteiger partial charge in [0.25, 0.3) is 0 Å². The fourth-order valence-electron chi connectivity index (χ4n) is 2.51. The second kappa shape index (κ2) is 5.39. The minimum absolute atomic E-state index is 0.0631. The molecule has 1 heterocycles. The summed E-state index contributed by atoms with van der Waals surface area (Å²) in [5, 5.41) is 12.1. The summed E-state index contributed by atoms with van der Waals surface area (Å²) in [7, 11) is 0. The molecule has 110 valence electrons. The number of benzene rings is 1. The highest BCUT2D eigenvalue weighted by Crippen LogP contribution is 2.51. The van der Waals surface area contributed by atoms with Gasteiger partial charge in [-0.2, -0.15) is 5.26 Å². The molecule has 3 rings (SSSR count). The largest absolute Gasteiger partial charge is 0.389 e. The van der Waals surface area contributed by atoms with Gasteiger partial charge in [-0.15, -0.1) is 11.3 Å². The van der Waals surface area contributed by atoms with Gasteiger partial charge in [-0.25, -0.2) is 4.79 Å². The maximum absolute atomic E-state index is 12.0. The predicted octanol–water partition coefficient (Wildman–Crippen LogP) is 3.52. The summed E-state index contributed by atoms with van der Waals surface area (Å²) < 4.78 is 5.74. The van der Waals surface area contributed by atoms with Gasteiger partial charge in [0.1, 0.15) is 6.07 Å². The van der Waals surface area contributed by atoms with Crippen molar-refractivity contribution in [1.29, 1.82) is 5.26 Å². The molecule has 1 aromatic carbocycles. The van der Waals surface area contributed by atoms with Crippen LogP contribution in [0, 0.1) is 17.2 Å². The number of thiophene rings is 1. The van der Waals surface area contributed by atoms with E-state index in [-0.39, 0.29) is 17.4 Å². The predicted molar refractivity (Wildman–Crippen MR) is 83.3 cm³/mol. The lowest BCUT2D eigenvalue weighted by Crippen LogP contribution is -2.14. The SMILES string of the molecule is C=C(C)C(=O)OC(=O)C1CC1c1csc2c(C#N)cccc12. The van der Waals surface area contributed by atoms with Gasteiger partial charge in [0.15, 0.2) is 0 Å². The molecule has 1 fully saturated rings. The molecule has 0 bridgehead atoms. The van der Waals surface area contributed by atoms with E-state index >= 15 is 0 Å². The fraction of sp³-hybridized carbons (Fsp3) is 0.235. The Bertz CT molecular complexity index is 843. The third-order valence-electron chi connectivity index (χ3n) is 3.78. The van der Waals surface area contributed by atoms with Gasteiger partial charge in [-0.3, -0.25) is 4.79 Å². The number of hydrogen-bond acceptors (Lipinski definition) is 5. The molecule has 1 aliphatic carbocycles. The third-order valence-corrected chi connectivity index (χ3v) is 4.83. The molecule has 0 aliphatic heterocycles. The lowest BCUT2D eigenvalue weighted by atomic mass is 10.1. The van der Waals surface area contributed by atoms with Crippen molar-refractivity contribution in [2.45, 2.75) is 19.3 Å². The normalized spacial score (nSPS) is 19.5. The van der Waals surface area contributed by atoms with Crippen molar-refractivity contribution in [2.75, 3.05) is 0 Å². The van der Waals surface area contributed by atoms with Crippen LogP contribution < -0.4 is 0 Å². The van der Waals surface area contributed by atoms with Crippen LogP contribution >= 0.6 is 11.3 Å². The average Bonchev–Trinajstić information content (AvgIpc) is 3.18. The van der Waals surface area contributed by atoms with Crippen LogP contribution in [-0.4, -0.2) is 11.9 Å². The van der Waals surface area contributed by atoms with Crippen LogP contribution in [0.1, 0.15) is 30.4 Å². The Kier molecular flexibility index (Phi) is 3.55. The van der Waals surface area contributed by atoms with Crippen LogP contribution in [0.25, 0.3) is 10.1 Å². The van der Waals surface area contributed by atoms with E-state index in [1.807, 2.05) is 17.5 Å². The first kappa shape index (κ1) is 14.5. The average molecular weight is 311 g/mol. The summed E-state index contributed by atoms with van der Waals surface area (Å²) in [5.74, 6) is -1.38. The summed E-state index contributed by atoms with van der Waals surface area (Å²) in [6.45, 7) is 4.97. The maximum atomic E-state index is 12.0. The highest BCUT2D eigenvalue weighted by Gasteiger charge is 2.47. The van der Waals surface area contributed by atoms with Crippen LogP contribution in [0.2, 0.25) is 0 Å². The zero-order valence-corrected chi connectivity index (χ0v) is 12.8. The summed E-state index contributed by atoms with van der Waals surface area (Å²) in [6.07, 6.45) is 0.672. The van der Waals surface area contributed by atoms with Gasteiger partial charge in [-0.05, 0) is 41.7 Å². The van der Waals surface area contributed by atoms with Gasteiger partial charge in [0, 0.05) is 5.57 Å². The van der Waals surface area contributed by atoms with Crippen molar-refractivity contribution < 1.29 is 14.3 Å². The van der Waals surface area contributed by atoms with Crippen molar-refractivity contribution in [3.05, 3.63) is 46.9 Å². The number of esters is 2. The van der Waals surface area contributed by atoms with Crippen LogP contribution in [0.15, 0.2) is 35.7 Å². The van der Waals surface area contributed by atoms with Gasteiger partial charge < -0.3 is 4.74 Å². The number of carbonyl (C=O) groups excluding carboxylic acids is 2. The number of rotatable bonds is 3. The van der Waals surface area contributed by atoms with E-state index in [0.717, 1.165) is 15.6 Å². The monoisotopic (exact) mass is 311 g/mol. The second-order valence-electron chi connectivity index (χ2n) is 5.42. The second-order valence-corrected chi connectivity index (χ2v) is 6.30. The highest BCUT2D eigenvalue weighted by molar-refractivity contribution is 7.17. The van der Waals surface area contributed by atoms with Crippen LogP contribution in [0.3, 0.4) is 0 Å². The third kappa shape index (κ3) is 2.42. The summed E-state index contributed by atoms with van der Waals surface area (Å²) in [4.78, 5) is 23.3. The molecule has 2 aromatic rings. The van der Waals surface area contributed by atoms with E-state index in [2.05, 4.69) is 12.6 Å². The molecule has 1 aromatic heterocycles. The number of carbonyl (C=O) groups is 2. The number of ether oxygens (including phenoxy) is 1. The summed E-state index contributed by atoms with van der Waals surface area (Å²) in [5.41, 5.74) is 1.91. The van der Waals surface area contributed by atoms with E-state index in [1.165, 1.54) is 18.3 Å². The highest BCUT2D eigenvalue weighted by atomic mass is 32.1. The molecule has 0 saturated heterocycles. The molecule has 5 heteroatoms. The Hall–Kier alpha value is -2.45. The lowest BCUT2D eigenvalue weighted by Gasteiger charge is -2.02. The Morgan fingerprint density at radius 1 is 1.45 bits per heavy atom. The molecular weight excluding hydrogens is 298 g/mol. The van der Waals surface area contributed by atoms with Gasteiger partial charge in [0.05, 0.1) is 16.2 Å². The van der Waals surface area contributed by atoms with Crippen molar-refractivity contribution in [1.82, 2.24) is 0 Å². The maximum Gasteiger partial charge on any atom is 0.340 e. The van der Waals surface area contributed by atoms with Crippen molar-refractivity contribution >= 4 is 33.4 Å². The zero-order chi connectivity index (χ0) is 15.9. The lowest BCUT2D eigenvalue weighted by molar-refractivity contribution is -0.157. The number of fused-ring (bicyclic) bond motifs is 1. The Morgan fingerprint density at radius 3 is 2.91 bits per heavy atom. The quantitative estimate of drug-likeness (QED) is 0.494. The molecular formula is C17H13NO3S. The van der Waals surface area contributed by atoms with Gasteiger partial charge in [-0.1, -0.05) is 18.7 Å². The minimum atomic E-state index is -0.669. The molecule has 2 atom stereocenters. The van der Waals surface area contributed by atoms with E-state index in [1.54, 1.807) is 6.07 Å². The van der Waals surface area contributed by atoms with Crippen molar-refractivity contribution in [2.24, 2.45) is 5.92 Å². The Balaban J connectivity index is 1.81. The minimum Gasteiger partial charge on any atom is -0.389 e. The molecule has 1 saturated carbocycles. The Morgan fingerprint density at radius 2 is 2.23 bits per heavy atom. The number of hydrogen-bond donors (Lipinski definition) is 0. The van der Waals surface area contributed by atoms with E-state index < -0.39 is 11.9 Å². The molecule has 0 amide bonds. The molecule has 0 spiro atoms. The smallest absolute Gasteiger partial charge is 0.340 e. The molecule has 4 nitrogen and oxygen atoms in total. The number of nitriles is 1. The molecule has 0 N–H and O–H groups in total. The fourth-order valence-corrected chi connectivity index (χ4v) is 3.61. The molecule has 2 unspecified atom stereocenters. The molecule has 22 heavy (non-hydrogen) atoms. The number of nitrogens with zero attached hydrogens (tertiary/aromatic N) is 1. The van der Waals surface area contributed by atoms with E-state index in [9.17, 15) is 9.59 Å². The molecule has 1 aliphatic rings. The van der Waals surface area contributed by atoms with E-state index in [0.29, 0.717) is 12.0 Å².